The highest BCUT2D eigenvalue weighted by atomic mass is 79.9. The molecule has 3 aromatic rings. The van der Waals surface area contributed by atoms with Crippen LogP contribution >= 0.6 is 15.9 Å². The van der Waals surface area contributed by atoms with Gasteiger partial charge in [0.05, 0.1) is 6.54 Å². The Morgan fingerprint density at radius 1 is 1.14 bits per heavy atom. The van der Waals surface area contributed by atoms with Crippen molar-refractivity contribution in [1.82, 2.24) is 4.90 Å². The van der Waals surface area contributed by atoms with E-state index < -0.39 is 0 Å². The maximum atomic E-state index is 12.2. The molecule has 0 unspecified atom stereocenters. The van der Waals surface area contributed by atoms with Crippen molar-refractivity contribution < 1.29 is 9.21 Å². The van der Waals surface area contributed by atoms with Gasteiger partial charge in [0.25, 0.3) is 0 Å². The minimum Gasteiger partial charge on any atom is -0.452 e. The van der Waals surface area contributed by atoms with E-state index in [1.165, 1.54) is 0 Å². The topological polar surface area (TPSA) is 45.5 Å². The van der Waals surface area contributed by atoms with E-state index >= 15 is 0 Å². The van der Waals surface area contributed by atoms with Crippen LogP contribution in [0.25, 0.3) is 10.8 Å². The van der Waals surface area contributed by atoms with E-state index in [0.717, 1.165) is 22.2 Å². The molecule has 5 heteroatoms. The highest BCUT2D eigenvalue weighted by Crippen LogP contribution is 2.20. The van der Waals surface area contributed by atoms with E-state index in [-0.39, 0.29) is 6.03 Å². The van der Waals surface area contributed by atoms with E-state index in [2.05, 4.69) is 21.2 Å². The standard InChI is InChI=1S/C17H15BrN2O2/c1-20(11-15-8-9-16(18)22-15)17(21)19-14-7-6-12-4-2-3-5-13(12)10-14/h2-10H,11H2,1H3,(H,19,21). The summed E-state index contributed by atoms with van der Waals surface area (Å²) in [5, 5.41) is 5.14. The zero-order valence-electron chi connectivity index (χ0n) is 12.0. The van der Waals surface area contributed by atoms with Crippen molar-refractivity contribution in [3.63, 3.8) is 0 Å². The van der Waals surface area contributed by atoms with Gasteiger partial charge < -0.3 is 14.6 Å². The first-order valence-electron chi connectivity index (χ1n) is 6.87. The molecule has 0 aliphatic rings. The van der Waals surface area contributed by atoms with E-state index in [9.17, 15) is 4.79 Å². The molecule has 4 nitrogen and oxygen atoms in total. The van der Waals surface area contributed by atoms with E-state index in [1.807, 2.05) is 54.6 Å². The minimum atomic E-state index is -0.178. The molecule has 112 valence electrons. The summed E-state index contributed by atoms with van der Waals surface area (Å²) in [6.45, 7) is 0.408. The van der Waals surface area contributed by atoms with Gasteiger partial charge in [-0.1, -0.05) is 30.3 Å². The fourth-order valence-corrected chi connectivity index (χ4v) is 2.57. The second kappa shape index (κ2) is 6.23. The Labute approximate surface area is 136 Å². The van der Waals surface area contributed by atoms with Gasteiger partial charge in [-0.3, -0.25) is 0 Å². The van der Waals surface area contributed by atoms with Crippen molar-refractivity contribution in [2.45, 2.75) is 6.54 Å². The van der Waals surface area contributed by atoms with E-state index in [1.54, 1.807) is 11.9 Å². The Hall–Kier alpha value is -2.27. The molecule has 1 N–H and O–H groups in total. The Morgan fingerprint density at radius 2 is 1.91 bits per heavy atom. The molecule has 0 fully saturated rings. The summed E-state index contributed by atoms with van der Waals surface area (Å²) in [6.07, 6.45) is 0. The molecular weight excluding hydrogens is 344 g/mol. The monoisotopic (exact) mass is 358 g/mol. The van der Waals surface area contributed by atoms with E-state index in [0.29, 0.717) is 11.2 Å². The number of halogens is 1. The van der Waals surface area contributed by atoms with Crippen molar-refractivity contribution in [3.05, 3.63) is 65.0 Å². The van der Waals surface area contributed by atoms with Crippen molar-refractivity contribution in [3.8, 4) is 0 Å². The smallest absolute Gasteiger partial charge is 0.321 e. The lowest BCUT2D eigenvalue weighted by Crippen LogP contribution is -2.30. The molecule has 0 saturated heterocycles. The third-order valence-corrected chi connectivity index (χ3v) is 3.80. The van der Waals surface area contributed by atoms with Gasteiger partial charge in [0.2, 0.25) is 0 Å². The van der Waals surface area contributed by atoms with Gasteiger partial charge in [0, 0.05) is 12.7 Å². The lowest BCUT2D eigenvalue weighted by Gasteiger charge is -2.17. The number of nitrogens with zero attached hydrogens (tertiary/aromatic N) is 1. The first-order valence-corrected chi connectivity index (χ1v) is 7.66. The van der Waals surface area contributed by atoms with Crippen LogP contribution < -0.4 is 5.32 Å². The highest BCUT2D eigenvalue weighted by molar-refractivity contribution is 9.10. The number of nitrogens with one attached hydrogen (secondary N) is 1. The quantitative estimate of drug-likeness (QED) is 0.726. The fourth-order valence-electron chi connectivity index (χ4n) is 2.23. The molecule has 0 aliphatic heterocycles. The molecular formula is C17H15BrN2O2. The molecule has 0 spiro atoms. The Bertz CT molecular complexity index is 813. The zero-order valence-corrected chi connectivity index (χ0v) is 13.6. The summed E-state index contributed by atoms with van der Waals surface area (Å²) in [4.78, 5) is 13.8. The lowest BCUT2D eigenvalue weighted by molar-refractivity contribution is 0.216. The highest BCUT2D eigenvalue weighted by Gasteiger charge is 2.11. The van der Waals surface area contributed by atoms with Gasteiger partial charge in [-0.05, 0) is 51.0 Å². The van der Waals surface area contributed by atoms with Gasteiger partial charge >= 0.3 is 6.03 Å². The first kappa shape index (κ1) is 14.7. The number of rotatable bonds is 3. The number of urea groups is 1. The number of furan rings is 1. The predicted molar refractivity (Wildman–Crippen MR) is 90.8 cm³/mol. The van der Waals surface area contributed by atoms with Crippen molar-refractivity contribution >= 4 is 38.4 Å². The summed E-state index contributed by atoms with van der Waals surface area (Å²) in [5.41, 5.74) is 0.774. The Morgan fingerprint density at radius 3 is 2.64 bits per heavy atom. The van der Waals surface area contributed by atoms with Crippen molar-refractivity contribution in [1.29, 1.82) is 0 Å². The number of benzene rings is 2. The van der Waals surface area contributed by atoms with Crippen molar-refractivity contribution in [2.75, 3.05) is 12.4 Å². The number of anilines is 1. The van der Waals surface area contributed by atoms with Crippen LogP contribution in [0.1, 0.15) is 5.76 Å². The second-order valence-electron chi connectivity index (χ2n) is 5.05. The number of carbonyl (C=O) groups is 1. The van der Waals surface area contributed by atoms with Crippen LogP contribution in [0.5, 0.6) is 0 Å². The maximum absolute atomic E-state index is 12.2. The van der Waals surface area contributed by atoms with Crippen LogP contribution in [0.3, 0.4) is 0 Å². The van der Waals surface area contributed by atoms with E-state index in [4.69, 9.17) is 4.42 Å². The first-order chi connectivity index (χ1) is 10.6. The molecule has 1 aromatic heterocycles. The van der Waals surface area contributed by atoms with Gasteiger partial charge in [0.1, 0.15) is 5.76 Å². The average Bonchev–Trinajstić information content (AvgIpc) is 2.92. The van der Waals surface area contributed by atoms with Crippen LogP contribution in [0, 0.1) is 0 Å². The normalized spacial score (nSPS) is 10.6. The summed E-state index contributed by atoms with van der Waals surface area (Å²) >= 11 is 3.25. The number of hydrogen-bond donors (Lipinski definition) is 1. The third-order valence-electron chi connectivity index (χ3n) is 3.37. The SMILES string of the molecule is CN(Cc1ccc(Br)o1)C(=O)Nc1ccc2ccccc2c1. The maximum Gasteiger partial charge on any atom is 0.321 e. The number of amides is 2. The predicted octanol–water partition coefficient (Wildman–Crippen LogP) is 4.86. The molecule has 0 bridgehead atoms. The summed E-state index contributed by atoms with van der Waals surface area (Å²) in [7, 11) is 1.73. The largest absolute Gasteiger partial charge is 0.452 e. The van der Waals surface area contributed by atoms with Gasteiger partial charge in [-0.25, -0.2) is 4.79 Å². The third kappa shape index (κ3) is 3.31. The molecule has 0 saturated carbocycles. The summed E-state index contributed by atoms with van der Waals surface area (Å²) in [6, 6.07) is 17.4. The molecule has 2 aromatic carbocycles. The molecule has 0 aliphatic carbocycles. The van der Waals surface area contributed by atoms with Crippen LogP contribution in [-0.2, 0) is 6.54 Å². The van der Waals surface area contributed by atoms with Gasteiger partial charge in [-0.2, -0.15) is 0 Å². The lowest BCUT2D eigenvalue weighted by atomic mass is 10.1. The van der Waals surface area contributed by atoms with Crippen molar-refractivity contribution in [2.24, 2.45) is 0 Å². The molecule has 0 radical (unpaired) electrons. The van der Waals surface area contributed by atoms with Gasteiger partial charge in [0.15, 0.2) is 4.67 Å². The molecule has 0 atom stereocenters. The van der Waals surface area contributed by atoms with Crippen LogP contribution in [0.2, 0.25) is 0 Å². The Kier molecular flexibility index (Phi) is 4.15. The van der Waals surface area contributed by atoms with Gasteiger partial charge in [-0.15, -0.1) is 0 Å². The number of hydrogen-bond acceptors (Lipinski definition) is 2. The van der Waals surface area contributed by atoms with Crippen LogP contribution in [0.15, 0.2) is 63.7 Å². The number of carbonyl (C=O) groups excluding carboxylic acids is 1. The molecule has 1 heterocycles. The molecule has 3 rings (SSSR count). The molecule has 22 heavy (non-hydrogen) atoms. The van der Waals surface area contributed by atoms with Crippen LogP contribution in [-0.4, -0.2) is 18.0 Å². The fraction of sp³-hybridized carbons (Fsp3) is 0.118. The molecule has 2 amide bonds. The second-order valence-corrected chi connectivity index (χ2v) is 5.84. The summed E-state index contributed by atoms with van der Waals surface area (Å²) < 4.78 is 6.07. The zero-order chi connectivity index (χ0) is 15.5. The summed E-state index contributed by atoms with van der Waals surface area (Å²) in [5.74, 6) is 0.725. The average molecular weight is 359 g/mol. The van der Waals surface area contributed by atoms with Crippen LogP contribution in [0.4, 0.5) is 10.5 Å². The Balaban J connectivity index is 1.69. The number of fused-ring (bicyclic) bond motifs is 1. The minimum absolute atomic E-state index is 0.178.